The Bertz CT molecular complexity index is 949. The lowest BCUT2D eigenvalue weighted by Crippen LogP contribution is -2.20. The number of rotatable bonds is 2. The Morgan fingerprint density at radius 1 is 0.407 bits per heavy atom. The molecule has 0 unspecified atom stereocenters. The average Bonchev–Trinajstić information content (AvgIpc) is 3.04. The van der Waals surface area contributed by atoms with Crippen LogP contribution < -0.4 is 0 Å². The molecule has 0 aromatic heterocycles. The third-order valence-corrected chi connectivity index (χ3v) is 9.46. The quantitative estimate of drug-likeness (QED) is 0.555. The van der Waals surface area contributed by atoms with E-state index in [0.717, 1.165) is 0 Å². The van der Waals surface area contributed by atoms with Crippen LogP contribution in [0.2, 0.25) is 0 Å². The highest BCUT2D eigenvalue weighted by atomic mass is 28.2. The molecule has 4 rings (SSSR count). The van der Waals surface area contributed by atoms with Crippen molar-refractivity contribution in [3.8, 4) is 0 Å². The molecule has 0 nitrogen and oxygen atoms in total. The number of hydrogen-bond donors (Lipinski definition) is 0. The molecule has 1 heteroatoms. The summed E-state index contributed by atoms with van der Waals surface area (Å²) in [5.74, 6) is 0. The van der Waals surface area contributed by atoms with Crippen LogP contribution in [0.4, 0.5) is 0 Å². The fourth-order valence-corrected chi connectivity index (χ4v) is 7.87. The zero-order valence-corrected chi connectivity index (χ0v) is 19.4. The Labute approximate surface area is 167 Å². The molecule has 2 aromatic carbocycles. The van der Waals surface area contributed by atoms with Gasteiger partial charge in [-0.2, -0.15) is 0 Å². The Morgan fingerprint density at radius 3 is 1.04 bits per heavy atom. The molecule has 2 aromatic rings. The van der Waals surface area contributed by atoms with Crippen molar-refractivity contribution >= 4 is 20.7 Å². The minimum absolute atomic E-state index is 0.569. The van der Waals surface area contributed by atoms with Crippen LogP contribution in [0.3, 0.4) is 0 Å². The molecule has 138 valence electrons. The molecule has 0 heterocycles. The highest BCUT2D eigenvalue weighted by Gasteiger charge is 2.37. The zero-order valence-electron chi connectivity index (χ0n) is 18.0. The van der Waals surface area contributed by atoms with Crippen LogP contribution in [0.1, 0.15) is 72.2 Å². The maximum Gasteiger partial charge on any atom is 0.0575 e. The van der Waals surface area contributed by atoms with Crippen LogP contribution in [-0.4, -0.2) is 9.52 Å². The molecule has 2 aliphatic rings. The highest BCUT2D eigenvalue weighted by molar-refractivity contribution is 6.57. The monoisotopic (exact) mass is 370 g/mol. The van der Waals surface area contributed by atoms with Gasteiger partial charge in [0.15, 0.2) is 0 Å². The summed E-state index contributed by atoms with van der Waals surface area (Å²) < 4.78 is 0. The van der Waals surface area contributed by atoms with E-state index in [1.807, 2.05) is 0 Å². The van der Waals surface area contributed by atoms with Gasteiger partial charge in [-0.1, -0.05) is 35.4 Å². The van der Waals surface area contributed by atoms with Crippen molar-refractivity contribution in [1.29, 1.82) is 0 Å². The molecule has 2 radical (unpaired) electrons. The van der Waals surface area contributed by atoms with Crippen molar-refractivity contribution in [3.63, 3.8) is 0 Å². The fraction of sp³-hybridized carbons (Fsp3) is 0.308. The number of benzene rings is 2. The van der Waals surface area contributed by atoms with E-state index < -0.39 is 9.52 Å². The van der Waals surface area contributed by atoms with E-state index in [1.165, 1.54) is 55.7 Å². The van der Waals surface area contributed by atoms with Gasteiger partial charge in [0.1, 0.15) is 0 Å². The summed E-state index contributed by atoms with van der Waals surface area (Å²) >= 11 is 0. The van der Waals surface area contributed by atoms with Gasteiger partial charge in [-0.25, -0.2) is 0 Å². The van der Waals surface area contributed by atoms with Crippen molar-refractivity contribution in [2.75, 3.05) is 0 Å². The van der Waals surface area contributed by atoms with Crippen molar-refractivity contribution in [1.82, 2.24) is 0 Å². The number of fused-ring (bicyclic) bond motifs is 2. The summed E-state index contributed by atoms with van der Waals surface area (Å²) in [4.78, 5) is 0. The summed E-state index contributed by atoms with van der Waals surface area (Å²) in [5, 5.41) is 0. The van der Waals surface area contributed by atoms with Crippen LogP contribution in [-0.2, 0) is 0 Å². The van der Waals surface area contributed by atoms with Crippen molar-refractivity contribution in [2.45, 2.75) is 55.4 Å². The predicted octanol–water partition coefficient (Wildman–Crippen LogP) is 6.16. The molecule has 0 atom stereocenters. The lowest BCUT2D eigenvalue weighted by molar-refractivity contribution is 1.24. The second-order valence-corrected chi connectivity index (χ2v) is 10.3. The van der Waals surface area contributed by atoms with Gasteiger partial charge >= 0.3 is 0 Å². The third kappa shape index (κ3) is 2.55. The Kier molecular flexibility index (Phi) is 4.34. The van der Waals surface area contributed by atoms with Gasteiger partial charge in [-0.05, 0) is 111 Å². The van der Waals surface area contributed by atoms with E-state index in [1.54, 1.807) is 22.2 Å². The van der Waals surface area contributed by atoms with Crippen LogP contribution in [0.15, 0.2) is 35.4 Å². The van der Waals surface area contributed by atoms with Crippen LogP contribution in [0, 0.1) is 38.8 Å². The molecule has 0 saturated heterocycles. The number of aryl methyl sites for hydroxylation is 4. The van der Waals surface area contributed by atoms with Gasteiger partial charge < -0.3 is 0 Å². The minimum atomic E-state index is -0.569. The number of hydrogen-bond acceptors (Lipinski definition) is 0. The summed E-state index contributed by atoms with van der Waals surface area (Å²) in [6.45, 7) is 18.4. The van der Waals surface area contributed by atoms with Gasteiger partial charge in [0.2, 0.25) is 0 Å². The Balaban J connectivity index is 1.85. The van der Waals surface area contributed by atoms with E-state index in [0.29, 0.717) is 0 Å². The van der Waals surface area contributed by atoms with E-state index in [2.05, 4.69) is 79.7 Å². The lowest BCUT2D eigenvalue weighted by atomic mass is 9.96. The van der Waals surface area contributed by atoms with E-state index in [9.17, 15) is 0 Å². The lowest BCUT2D eigenvalue weighted by Gasteiger charge is -2.23. The zero-order chi connectivity index (χ0) is 19.6. The minimum Gasteiger partial charge on any atom is -0.0617 e. The Hall–Kier alpha value is -1.86. The molecule has 0 saturated carbocycles. The van der Waals surface area contributed by atoms with Gasteiger partial charge in [-0.3, -0.25) is 0 Å². The number of allylic oxidation sites excluding steroid dienone is 4. The van der Waals surface area contributed by atoms with Crippen molar-refractivity contribution < 1.29 is 0 Å². The molecule has 0 bridgehead atoms. The maximum atomic E-state index is 2.35. The third-order valence-electron chi connectivity index (χ3n) is 6.98. The SMILES string of the molecule is CC1=C(C)c2c(C)ccc(C)c2[C]1[SiH2][C]1C(C)=C(C)c2c(C)ccc(C)c21. The van der Waals surface area contributed by atoms with Gasteiger partial charge in [-0.15, -0.1) is 0 Å². The van der Waals surface area contributed by atoms with Gasteiger partial charge in [0.25, 0.3) is 0 Å². The normalized spacial score (nSPS) is 17.2. The fourth-order valence-electron chi connectivity index (χ4n) is 5.19. The van der Waals surface area contributed by atoms with E-state index in [4.69, 9.17) is 0 Å². The van der Waals surface area contributed by atoms with Crippen molar-refractivity contribution in [2.24, 2.45) is 0 Å². The van der Waals surface area contributed by atoms with E-state index in [-0.39, 0.29) is 0 Å². The first-order chi connectivity index (χ1) is 12.7. The van der Waals surface area contributed by atoms with Crippen molar-refractivity contribution in [3.05, 3.63) is 91.0 Å². The average molecular weight is 371 g/mol. The molecular formula is C26H30Si. The summed E-state index contributed by atoms with van der Waals surface area (Å²) in [5.41, 5.74) is 21.2. The maximum absolute atomic E-state index is 2.35. The molecule has 0 fully saturated rings. The predicted molar refractivity (Wildman–Crippen MR) is 122 cm³/mol. The standard InChI is InChI=1S/C26H30Si/c1-13-9-11-15(3)23-21(13)17(5)19(7)25(23)27-26-20(8)18(6)22-14(2)10-12-16(4)24(22)26/h9-12H,27H2,1-8H3. The summed E-state index contributed by atoms with van der Waals surface area (Å²) in [7, 11) is -0.569. The van der Waals surface area contributed by atoms with Crippen LogP contribution in [0.25, 0.3) is 11.1 Å². The summed E-state index contributed by atoms with van der Waals surface area (Å²) in [6, 6.07) is 9.20. The van der Waals surface area contributed by atoms with Gasteiger partial charge in [0.05, 0.1) is 9.52 Å². The molecule has 0 N–H and O–H groups in total. The molecule has 0 spiro atoms. The second kappa shape index (κ2) is 6.34. The smallest absolute Gasteiger partial charge is 0.0575 e. The first kappa shape index (κ1) is 18.5. The molecule has 27 heavy (non-hydrogen) atoms. The Morgan fingerprint density at radius 2 is 0.704 bits per heavy atom. The highest BCUT2D eigenvalue weighted by Crippen LogP contribution is 2.49. The van der Waals surface area contributed by atoms with Crippen LogP contribution >= 0.6 is 0 Å². The summed E-state index contributed by atoms with van der Waals surface area (Å²) in [6.07, 6.45) is 0. The topological polar surface area (TPSA) is 0 Å². The van der Waals surface area contributed by atoms with Crippen LogP contribution in [0.5, 0.6) is 0 Å². The molecule has 0 aliphatic heterocycles. The van der Waals surface area contributed by atoms with E-state index >= 15 is 0 Å². The second-order valence-electron chi connectivity index (χ2n) is 8.53. The van der Waals surface area contributed by atoms with Gasteiger partial charge in [0, 0.05) is 11.1 Å². The first-order valence-corrected chi connectivity index (χ1v) is 11.4. The largest absolute Gasteiger partial charge is 0.0617 e. The molecular weight excluding hydrogens is 340 g/mol. The molecule has 2 aliphatic carbocycles. The molecule has 0 amide bonds. The first-order valence-electron chi connectivity index (χ1n) is 10.0.